The van der Waals surface area contributed by atoms with E-state index in [0.29, 0.717) is 34.1 Å². The van der Waals surface area contributed by atoms with Gasteiger partial charge in [-0.2, -0.15) is 4.98 Å². The van der Waals surface area contributed by atoms with Crippen LogP contribution in [-0.4, -0.2) is 49.7 Å². The molecule has 0 saturated carbocycles. The molecule has 1 atom stereocenters. The van der Waals surface area contributed by atoms with Crippen LogP contribution in [0.5, 0.6) is 11.8 Å². The molecule has 34 heavy (non-hydrogen) atoms. The van der Waals surface area contributed by atoms with Crippen molar-refractivity contribution in [2.75, 3.05) is 13.7 Å². The van der Waals surface area contributed by atoms with Crippen molar-refractivity contribution in [3.63, 3.8) is 0 Å². The Kier molecular flexibility index (Phi) is 6.10. The fourth-order valence-electron chi connectivity index (χ4n) is 3.85. The number of aromatic nitrogens is 4. The number of benzene rings is 1. The van der Waals surface area contributed by atoms with E-state index in [-0.39, 0.29) is 12.6 Å². The number of methoxy groups -OCH3 is 1. The van der Waals surface area contributed by atoms with Crippen molar-refractivity contribution < 1.29 is 14.6 Å². The van der Waals surface area contributed by atoms with E-state index in [0.717, 1.165) is 22.2 Å². The van der Waals surface area contributed by atoms with Gasteiger partial charge in [-0.05, 0) is 57.5 Å². The zero-order valence-corrected chi connectivity index (χ0v) is 20.1. The quantitative estimate of drug-likeness (QED) is 0.367. The van der Waals surface area contributed by atoms with Gasteiger partial charge in [0.2, 0.25) is 0 Å². The van der Waals surface area contributed by atoms with Gasteiger partial charge in [-0.3, -0.25) is 14.5 Å². The molecular formula is C26H29N5O3. The summed E-state index contributed by atoms with van der Waals surface area (Å²) < 4.78 is 13.6. The molecule has 0 aliphatic rings. The normalized spacial score (nSPS) is 12.6. The lowest BCUT2D eigenvalue weighted by Gasteiger charge is -2.21. The van der Waals surface area contributed by atoms with Crippen molar-refractivity contribution in [2.45, 2.75) is 39.3 Å². The molecule has 176 valence electrons. The summed E-state index contributed by atoms with van der Waals surface area (Å²) in [4.78, 5) is 13.9. The fourth-order valence-corrected chi connectivity index (χ4v) is 3.85. The van der Waals surface area contributed by atoms with E-state index in [1.807, 2.05) is 41.8 Å². The predicted molar refractivity (Wildman–Crippen MR) is 134 cm³/mol. The van der Waals surface area contributed by atoms with Crippen LogP contribution >= 0.6 is 0 Å². The molecule has 0 aliphatic heterocycles. The number of hydrogen-bond donors (Lipinski definition) is 2. The molecule has 3 heterocycles. The largest absolute Gasteiger partial charge is 0.496 e. The maximum Gasteiger partial charge on any atom is 0.298 e. The zero-order valence-electron chi connectivity index (χ0n) is 20.1. The van der Waals surface area contributed by atoms with Crippen LogP contribution < -0.4 is 9.47 Å². The summed E-state index contributed by atoms with van der Waals surface area (Å²) in [5.74, 6) is 0.593. The Morgan fingerprint density at radius 2 is 2.00 bits per heavy atom. The summed E-state index contributed by atoms with van der Waals surface area (Å²) >= 11 is 0. The first-order valence-corrected chi connectivity index (χ1v) is 11.0. The van der Waals surface area contributed by atoms with Gasteiger partial charge >= 0.3 is 0 Å². The van der Waals surface area contributed by atoms with Crippen LogP contribution in [0.2, 0.25) is 0 Å². The molecule has 4 rings (SSSR count). The maximum atomic E-state index is 10.2. The van der Waals surface area contributed by atoms with E-state index in [9.17, 15) is 5.11 Å². The van der Waals surface area contributed by atoms with Crippen molar-refractivity contribution in [1.82, 2.24) is 19.5 Å². The lowest BCUT2D eigenvalue weighted by atomic mass is 10.00. The van der Waals surface area contributed by atoms with Crippen molar-refractivity contribution in [3.05, 3.63) is 60.6 Å². The average Bonchev–Trinajstić information content (AvgIpc) is 3.20. The molecule has 1 aromatic carbocycles. The van der Waals surface area contributed by atoms with Crippen LogP contribution in [-0.2, 0) is 0 Å². The molecular weight excluding hydrogens is 430 g/mol. The fraction of sp³-hybridized carbons (Fsp3) is 0.308. The highest BCUT2D eigenvalue weighted by molar-refractivity contribution is 6.22. The zero-order chi connectivity index (χ0) is 24.6. The highest BCUT2D eigenvalue weighted by atomic mass is 16.5. The van der Waals surface area contributed by atoms with E-state index in [1.165, 1.54) is 0 Å². The van der Waals surface area contributed by atoms with Crippen LogP contribution in [0.3, 0.4) is 0 Å². The van der Waals surface area contributed by atoms with E-state index in [2.05, 4.69) is 16.5 Å². The maximum absolute atomic E-state index is 10.2. The molecule has 3 aromatic heterocycles. The van der Waals surface area contributed by atoms with Crippen molar-refractivity contribution >= 4 is 33.2 Å². The summed E-state index contributed by atoms with van der Waals surface area (Å²) in [6.07, 6.45) is 3.45. The molecule has 2 N–H and O–H groups in total. The Hall–Kier alpha value is -3.78. The molecule has 0 radical (unpaired) electrons. The monoisotopic (exact) mass is 459 g/mol. The number of allylic oxidation sites excluding steroid dienone is 1. The first-order valence-electron chi connectivity index (χ1n) is 11.0. The lowest BCUT2D eigenvalue weighted by Crippen LogP contribution is -2.29. The topological polar surface area (TPSA) is 106 Å². The lowest BCUT2D eigenvalue weighted by molar-refractivity contribution is 0.0236. The SMILES string of the molecule is C=C(C(C)=N)c1cc2ncc3nc(OCC(C)(C)O)n([C@H](C)c4ccccn4)c3c2cc1OC. The minimum atomic E-state index is -1.03. The number of nitrogens with zero attached hydrogens (tertiary/aromatic N) is 4. The average molecular weight is 460 g/mol. The molecule has 0 amide bonds. The van der Waals surface area contributed by atoms with E-state index < -0.39 is 5.60 Å². The number of nitrogens with one attached hydrogen (secondary N) is 1. The number of pyridine rings is 2. The van der Waals surface area contributed by atoms with Gasteiger partial charge in [0.05, 0.1) is 41.7 Å². The number of imidazole rings is 1. The van der Waals surface area contributed by atoms with Crippen LogP contribution in [0.1, 0.15) is 45.0 Å². The Labute approximate surface area is 198 Å². The van der Waals surface area contributed by atoms with E-state index >= 15 is 0 Å². The molecule has 0 bridgehead atoms. The minimum Gasteiger partial charge on any atom is -0.496 e. The standard InChI is InChI=1S/C26H29N5O3/c1-15(16(2)27)18-11-21-19(12-23(18)33-6)24-22(13-29-21)30-25(34-14-26(4,5)32)31(24)17(3)20-9-7-8-10-28-20/h7-13,17,27,32H,1,14H2,2-6H3/t17-/m1/s1. The second kappa shape index (κ2) is 8.87. The number of aliphatic hydroxyl groups is 1. The molecule has 0 saturated heterocycles. The van der Waals surface area contributed by atoms with Crippen molar-refractivity contribution in [3.8, 4) is 11.8 Å². The number of ether oxygens (including phenoxy) is 2. The summed E-state index contributed by atoms with van der Waals surface area (Å²) in [6, 6.07) is 9.71. The van der Waals surface area contributed by atoms with Crippen LogP contribution in [0.4, 0.5) is 0 Å². The van der Waals surface area contributed by atoms with Crippen molar-refractivity contribution in [2.24, 2.45) is 0 Å². The van der Waals surface area contributed by atoms with Crippen LogP contribution in [0.15, 0.2) is 49.3 Å². The first-order chi connectivity index (χ1) is 16.1. The second-order valence-electron chi connectivity index (χ2n) is 8.96. The molecule has 0 spiro atoms. The second-order valence-corrected chi connectivity index (χ2v) is 8.96. The summed E-state index contributed by atoms with van der Waals surface area (Å²) in [7, 11) is 1.59. The van der Waals surface area contributed by atoms with Gasteiger partial charge in [0.15, 0.2) is 0 Å². The molecule has 4 aromatic rings. The predicted octanol–water partition coefficient (Wildman–Crippen LogP) is 4.80. The third-order valence-corrected chi connectivity index (χ3v) is 5.64. The Morgan fingerprint density at radius 1 is 1.24 bits per heavy atom. The summed E-state index contributed by atoms with van der Waals surface area (Å²) in [5.41, 5.74) is 3.65. The Morgan fingerprint density at radius 3 is 2.62 bits per heavy atom. The Bertz CT molecular complexity index is 1390. The molecule has 0 aliphatic carbocycles. The molecule has 8 nitrogen and oxygen atoms in total. The third kappa shape index (κ3) is 4.36. The van der Waals surface area contributed by atoms with E-state index in [1.54, 1.807) is 40.3 Å². The van der Waals surface area contributed by atoms with Gasteiger partial charge in [0.1, 0.15) is 17.9 Å². The van der Waals surface area contributed by atoms with Gasteiger partial charge < -0.3 is 20.0 Å². The summed E-state index contributed by atoms with van der Waals surface area (Å²) in [5, 5.41) is 19.1. The Balaban J connectivity index is 2.01. The number of fused-ring (bicyclic) bond motifs is 3. The van der Waals surface area contributed by atoms with Gasteiger partial charge in [0, 0.05) is 22.9 Å². The van der Waals surface area contributed by atoms with Gasteiger partial charge in [0.25, 0.3) is 6.01 Å². The molecule has 0 unspecified atom stereocenters. The van der Waals surface area contributed by atoms with Crippen LogP contribution in [0, 0.1) is 5.41 Å². The van der Waals surface area contributed by atoms with Gasteiger partial charge in [-0.15, -0.1) is 0 Å². The third-order valence-electron chi connectivity index (χ3n) is 5.64. The smallest absolute Gasteiger partial charge is 0.298 e. The van der Waals surface area contributed by atoms with E-state index in [4.69, 9.17) is 19.9 Å². The number of hydrogen-bond acceptors (Lipinski definition) is 7. The minimum absolute atomic E-state index is 0.0720. The molecule has 8 heteroatoms. The number of rotatable bonds is 8. The van der Waals surface area contributed by atoms with Gasteiger partial charge in [-0.1, -0.05) is 12.6 Å². The van der Waals surface area contributed by atoms with Crippen LogP contribution in [0.25, 0.3) is 27.5 Å². The van der Waals surface area contributed by atoms with Gasteiger partial charge in [-0.25, -0.2) is 0 Å². The molecule has 0 fully saturated rings. The summed E-state index contributed by atoms with van der Waals surface area (Å²) in [6.45, 7) is 11.2. The first kappa shape index (κ1) is 23.4. The van der Waals surface area contributed by atoms with Crippen molar-refractivity contribution in [1.29, 1.82) is 5.41 Å². The highest BCUT2D eigenvalue weighted by Crippen LogP contribution is 2.37. The highest BCUT2D eigenvalue weighted by Gasteiger charge is 2.24.